The smallest absolute Gasteiger partial charge is 0.134 e. The molecule has 0 saturated heterocycles. The summed E-state index contributed by atoms with van der Waals surface area (Å²) in [6, 6.07) is 20.9. The van der Waals surface area contributed by atoms with Crippen LogP contribution in [0, 0.1) is 11.3 Å². The molecule has 116 valence electrons. The Balaban J connectivity index is 1.59. The van der Waals surface area contributed by atoms with Gasteiger partial charge in [0.15, 0.2) is 0 Å². The predicted molar refractivity (Wildman–Crippen MR) is 99.5 cm³/mol. The van der Waals surface area contributed by atoms with Crippen molar-refractivity contribution in [3.8, 4) is 17.2 Å². The number of nitriles is 1. The monoisotopic (exact) mass is 328 g/mol. The highest BCUT2D eigenvalue weighted by molar-refractivity contribution is 7.11. The summed E-state index contributed by atoms with van der Waals surface area (Å²) in [6.07, 6.45) is 4.38. The van der Waals surface area contributed by atoms with E-state index in [4.69, 9.17) is 0 Å². The van der Waals surface area contributed by atoms with Crippen LogP contribution in [0.15, 0.2) is 60.0 Å². The molecular formula is C21H16N2S. The molecule has 0 unspecified atom stereocenters. The molecule has 1 aliphatic carbocycles. The SMILES string of the molecule is N#CC(=Cc1ccc(-c2ccccc2)cc1)c1nc(C2CC2)cs1. The lowest BCUT2D eigenvalue weighted by molar-refractivity contribution is 1.05. The first-order chi connectivity index (χ1) is 11.8. The third-order valence-corrected chi connectivity index (χ3v) is 5.09. The van der Waals surface area contributed by atoms with Gasteiger partial charge in [0.1, 0.15) is 11.1 Å². The van der Waals surface area contributed by atoms with E-state index in [1.165, 1.54) is 24.0 Å². The van der Waals surface area contributed by atoms with Crippen LogP contribution in [0.3, 0.4) is 0 Å². The van der Waals surface area contributed by atoms with Crippen molar-refractivity contribution in [3.63, 3.8) is 0 Å². The van der Waals surface area contributed by atoms with E-state index in [0.717, 1.165) is 16.3 Å². The van der Waals surface area contributed by atoms with Gasteiger partial charge in [0.2, 0.25) is 0 Å². The van der Waals surface area contributed by atoms with Crippen molar-refractivity contribution in [2.24, 2.45) is 0 Å². The van der Waals surface area contributed by atoms with Gasteiger partial charge in [0.05, 0.1) is 11.3 Å². The average molecular weight is 328 g/mol. The van der Waals surface area contributed by atoms with E-state index in [1.807, 2.05) is 24.3 Å². The summed E-state index contributed by atoms with van der Waals surface area (Å²) in [5.41, 5.74) is 5.18. The number of aromatic nitrogens is 1. The standard InChI is InChI=1S/C21H16N2S/c22-13-19(21-23-20(14-24-21)18-10-11-18)12-15-6-8-17(9-7-15)16-4-2-1-3-5-16/h1-9,12,14,18H,10-11H2. The van der Waals surface area contributed by atoms with Gasteiger partial charge in [-0.2, -0.15) is 5.26 Å². The van der Waals surface area contributed by atoms with Crippen LogP contribution in [0.4, 0.5) is 0 Å². The van der Waals surface area contributed by atoms with Gasteiger partial charge in [0.25, 0.3) is 0 Å². The topological polar surface area (TPSA) is 36.7 Å². The van der Waals surface area contributed by atoms with Crippen LogP contribution in [0.1, 0.15) is 35.0 Å². The molecule has 0 radical (unpaired) electrons. The van der Waals surface area contributed by atoms with Crippen molar-refractivity contribution in [1.82, 2.24) is 4.98 Å². The van der Waals surface area contributed by atoms with E-state index in [2.05, 4.69) is 52.8 Å². The summed E-state index contributed by atoms with van der Waals surface area (Å²) in [6.45, 7) is 0. The second-order valence-electron chi connectivity index (χ2n) is 6.01. The number of thiazole rings is 1. The van der Waals surface area contributed by atoms with Crippen LogP contribution < -0.4 is 0 Å². The summed E-state index contributed by atoms with van der Waals surface area (Å²) in [7, 11) is 0. The number of benzene rings is 2. The normalized spacial score (nSPS) is 14.4. The minimum Gasteiger partial charge on any atom is -0.240 e. The van der Waals surface area contributed by atoms with E-state index in [0.29, 0.717) is 11.5 Å². The Morgan fingerprint density at radius 2 is 1.75 bits per heavy atom. The first-order valence-corrected chi connectivity index (χ1v) is 8.94. The zero-order valence-corrected chi connectivity index (χ0v) is 14.0. The molecule has 2 nitrogen and oxygen atoms in total. The molecule has 0 aliphatic heterocycles. The zero-order valence-electron chi connectivity index (χ0n) is 13.1. The predicted octanol–water partition coefficient (Wildman–Crippen LogP) is 5.75. The van der Waals surface area contributed by atoms with Crippen LogP contribution in [-0.2, 0) is 0 Å². The lowest BCUT2D eigenvalue weighted by atomic mass is 10.0. The zero-order chi connectivity index (χ0) is 16.4. The fourth-order valence-corrected chi connectivity index (χ4v) is 3.55. The summed E-state index contributed by atoms with van der Waals surface area (Å²) >= 11 is 1.57. The quantitative estimate of drug-likeness (QED) is 0.572. The molecule has 24 heavy (non-hydrogen) atoms. The van der Waals surface area contributed by atoms with Gasteiger partial charge in [-0.05, 0) is 35.6 Å². The highest BCUT2D eigenvalue weighted by atomic mass is 32.1. The molecule has 1 fully saturated rings. The molecule has 1 heterocycles. The lowest BCUT2D eigenvalue weighted by Crippen LogP contribution is -1.84. The molecule has 0 amide bonds. The van der Waals surface area contributed by atoms with E-state index >= 15 is 0 Å². The van der Waals surface area contributed by atoms with Crippen LogP contribution in [-0.4, -0.2) is 4.98 Å². The molecule has 3 aromatic rings. The molecule has 3 heteroatoms. The molecule has 4 rings (SSSR count). The molecular weight excluding hydrogens is 312 g/mol. The molecule has 0 N–H and O–H groups in total. The third-order valence-electron chi connectivity index (χ3n) is 4.20. The number of nitrogens with zero attached hydrogens (tertiary/aromatic N) is 2. The molecule has 1 aromatic heterocycles. The van der Waals surface area contributed by atoms with Gasteiger partial charge < -0.3 is 0 Å². The first kappa shape index (κ1) is 14.9. The van der Waals surface area contributed by atoms with E-state index in [1.54, 1.807) is 11.3 Å². The Kier molecular flexibility index (Phi) is 3.98. The highest BCUT2D eigenvalue weighted by Crippen LogP contribution is 2.41. The van der Waals surface area contributed by atoms with Crippen molar-refractivity contribution in [3.05, 3.63) is 76.2 Å². The van der Waals surface area contributed by atoms with Crippen molar-refractivity contribution in [2.75, 3.05) is 0 Å². The molecule has 0 spiro atoms. The van der Waals surface area contributed by atoms with E-state index in [-0.39, 0.29) is 0 Å². The maximum absolute atomic E-state index is 9.49. The van der Waals surface area contributed by atoms with Crippen LogP contribution >= 0.6 is 11.3 Å². The number of allylic oxidation sites excluding steroid dienone is 1. The number of rotatable bonds is 4. The maximum atomic E-state index is 9.49. The summed E-state index contributed by atoms with van der Waals surface area (Å²) in [4.78, 5) is 4.63. The fourth-order valence-electron chi connectivity index (χ4n) is 2.69. The van der Waals surface area contributed by atoms with Gasteiger partial charge in [-0.3, -0.25) is 0 Å². The molecule has 2 aromatic carbocycles. The minimum absolute atomic E-state index is 0.625. The van der Waals surface area contributed by atoms with E-state index in [9.17, 15) is 5.26 Å². The lowest BCUT2D eigenvalue weighted by Gasteiger charge is -2.02. The van der Waals surface area contributed by atoms with Crippen molar-refractivity contribution >= 4 is 23.0 Å². The van der Waals surface area contributed by atoms with Gasteiger partial charge >= 0.3 is 0 Å². The second-order valence-corrected chi connectivity index (χ2v) is 6.87. The van der Waals surface area contributed by atoms with Crippen molar-refractivity contribution in [1.29, 1.82) is 5.26 Å². The molecule has 1 saturated carbocycles. The Morgan fingerprint density at radius 3 is 2.42 bits per heavy atom. The molecule has 1 aliphatic rings. The fraction of sp³-hybridized carbons (Fsp3) is 0.143. The average Bonchev–Trinajstić information content (AvgIpc) is 3.38. The Labute approximate surface area is 145 Å². The summed E-state index contributed by atoms with van der Waals surface area (Å²) < 4.78 is 0. The van der Waals surface area contributed by atoms with Gasteiger partial charge in [-0.1, -0.05) is 54.6 Å². The van der Waals surface area contributed by atoms with Crippen LogP contribution in [0.2, 0.25) is 0 Å². The molecule has 0 atom stereocenters. The minimum atomic E-state index is 0.625. The molecule has 0 bridgehead atoms. The third kappa shape index (κ3) is 3.15. The Bertz CT molecular complexity index is 910. The van der Waals surface area contributed by atoms with Crippen molar-refractivity contribution < 1.29 is 0 Å². The second kappa shape index (κ2) is 6.43. The van der Waals surface area contributed by atoms with Gasteiger partial charge in [-0.25, -0.2) is 4.98 Å². The van der Waals surface area contributed by atoms with Crippen molar-refractivity contribution in [2.45, 2.75) is 18.8 Å². The van der Waals surface area contributed by atoms with Crippen LogP contribution in [0.5, 0.6) is 0 Å². The maximum Gasteiger partial charge on any atom is 0.134 e. The van der Waals surface area contributed by atoms with E-state index < -0.39 is 0 Å². The Morgan fingerprint density at radius 1 is 1.04 bits per heavy atom. The Hall–Kier alpha value is -2.70. The first-order valence-electron chi connectivity index (χ1n) is 8.06. The number of hydrogen-bond donors (Lipinski definition) is 0. The van der Waals surface area contributed by atoms with Crippen LogP contribution in [0.25, 0.3) is 22.8 Å². The number of hydrogen-bond acceptors (Lipinski definition) is 3. The van der Waals surface area contributed by atoms with Gasteiger partial charge in [0, 0.05) is 11.3 Å². The summed E-state index contributed by atoms with van der Waals surface area (Å²) in [5, 5.41) is 12.4. The summed E-state index contributed by atoms with van der Waals surface area (Å²) in [5.74, 6) is 0.625. The van der Waals surface area contributed by atoms with Gasteiger partial charge in [-0.15, -0.1) is 11.3 Å². The largest absolute Gasteiger partial charge is 0.240 e. The highest BCUT2D eigenvalue weighted by Gasteiger charge is 2.26.